The molecular weight excluding hydrogens is 322 g/mol. The van der Waals surface area contributed by atoms with Crippen molar-refractivity contribution >= 4 is 34.8 Å². The Morgan fingerprint density at radius 1 is 1.26 bits per heavy atom. The number of furan rings is 1. The predicted molar refractivity (Wildman–Crippen MR) is 86.2 cm³/mol. The summed E-state index contributed by atoms with van der Waals surface area (Å²) in [5.74, 6) is -1.15. The smallest absolute Gasteiger partial charge is 0.395 e. The van der Waals surface area contributed by atoms with Crippen LogP contribution in [-0.2, 0) is 0 Å². The van der Waals surface area contributed by atoms with Gasteiger partial charge in [0, 0.05) is 18.1 Å². The van der Waals surface area contributed by atoms with Crippen molar-refractivity contribution in [2.24, 2.45) is 0 Å². The number of carbonyl (C=O) groups excluding carboxylic acids is 1. The van der Waals surface area contributed by atoms with E-state index in [1.165, 1.54) is 6.07 Å². The Balaban J connectivity index is 1.84. The van der Waals surface area contributed by atoms with Crippen molar-refractivity contribution in [3.05, 3.63) is 51.2 Å². The quantitative estimate of drug-likeness (QED) is 0.680. The van der Waals surface area contributed by atoms with Gasteiger partial charge >= 0.3 is 5.88 Å². The third-order valence-electron chi connectivity index (χ3n) is 3.65. The van der Waals surface area contributed by atoms with E-state index in [0.717, 1.165) is 37.7 Å². The first-order valence-electron chi connectivity index (χ1n) is 7.14. The van der Waals surface area contributed by atoms with Crippen molar-refractivity contribution in [3.8, 4) is 0 Å². The monoisotopic (exact) mass is 335 g/mol. The fraction of sp³-hybridized carbons (Fsp3) is 0.267. The first kappa shape index (κ1) is 15.4. The number of nitro groups is 1. The van der Waals surface area contributed by atoms with Crippen LogP contribution in [0.4, 0.5) is 17.3 Å². The summed E-state index contributed by atoms with van der Waals surface area (Å²) >= 11 is 6.02. The average Bonchev–Trinajstić information content (AvgIpc) is 3.19. The molecule has 1 amide bonds. The normalized spacial score (nSPS) is 14.0. The van der Waals surface area contributed by atoms with Crippen LogP contribution in [-0.4, -0.2) is 23.9 Å². The van der Waals surface area contributed by atoms with E-state index in [-0.39, 0.29) is 5.76 Å². The molecule has 1 saturated heterocycles. The number of nitrogens with one attached hydrogen (secondary N) is 1. The summed E-state index contributed by atoms with van der Waals surface area (Å²) in [6.45, 7) is 1.83. The molecule has 8 heteroatoms. The fourth-order valence-electron chi connectivity index (χ4n) is 2.57. The molecule has 2 heterocycles. The van der Waals surface area contributed by atoms with Crippen molar-refractivity contribution in [2.75, 3.05) is 23.3 Å². The summed E-state index contributed by atoms with van der Waals surface area (Å²) in [6, 6.07) is 7.70. The summed E-state index contributed by atoms with van der Waals surface area (Å²) in [4.78, 5) is 24.3. The molecule has 1 aliphatic rings. The molecule has 23 heavy (non-hydrogen) atoms. The molecule has 120 valence electrons. The first-order chi connectivity index (χ1) is 11.0. The molecule has 2 aromatic rings. The second-order valence-corrected chi connectivity index (χ2v) is 5.64. The van der Waals surface area contributed by atoms with Crippen LogP contribution in [0.5, 0.6) is 0 Å². The van der Waals surface area contributed by atoms with Crippen LogP contribution in [0.25, 0.3) is 0 Å². The van der Waals surface area contributed by atoms with Gasteiger partial charge in [-0.3, -0.25) is 14.9 Å². The van der Waals surface area contributed by atoms with Gasteiger partial charge in [-0.1, -0.05) is 11.6 Å². The van der Waals surface area contributed by atoms with Gasteiger partial charge in [0.1, 0.15) is 4.92 Å². The molecule has 0 bridgehead atoms. The maximum absolute atomic E-state index is 12.2. The number of amides is 1. The van der Waals surface area contributed by atoms with Crippen molar-refractivity contribution in [1.29, 1.82) is 0 Å². The minimum absolute atomic E-state index is 0.121. The number of carbonyl (C=O) groups is 1. The van der Waals surface area contributed by atoms with Gasteiger partial charge < -0.3 is 14.6 Å². The zero-order valence-corrected chi connectivity index (χ0v) is 12.9. The minimum Gasteiger partial charge on any atom is -0.395 e. The van der Waals surface area contributed by atoms with E-state index < -0.39 is 16.7 Å². The molecule has 0 saturated carbocycles. The molecule has 1 fully saturated rings. The highest BCUT2D eigenvalue weighted by atomic mass is 35.5. The number of anilines is 2. The molecule has 7 nitrogen and oxygen atoms in total. The SMILES string of the molecule is O=C(Nc1cc(Cl)ccc1N1CCCC1)c1ccc([N+](=O)[O-])o1. The Kier molecular flexibility index (Phi) is 4.20. The van der Waals surface area contributed by atoms with E-state index in [4.69, 9.17) is 16.0 Å². The highest BCUT2D eigenvalue weighted by Gasteiger charge is 2.21. The summed E-state index contributed by atoms with van der Waals surface area (Å²) in [5.41, 5.74) is 1.43. The van der Waals surface area contributed by atoms with Crippen molar-refractivity contribution in [1.82, 2.24) is 0 Å². The van der Waals surface area contributed by atoms with Crippen molar-refractivity contribution < 1.29 is 14.1 Å². The zero-order valence-electron chi connectivity index (χ0n) is 12.1. The van der Waals surface area contributed by atoms with E-state index >= 15 is 0 Å². The van der Waals surface area contributed by atoms with Gasteiger partial charge in [-0.15, -0.1) is 0 Å². The molecule has 3 rings (SSSR count). The lowest BCUT2D eigenvalue weighted by Gasteiger charge is -2.21. The van der Waals surface area contributed by atoms with E-state index in [1.807, 2.05) is 6.07 Å². The van der Waals surface area contributed by atoms with E-state index in [0.29, 0.717) is 10.7 Å². The molecule has 1 aromatic carbocycles. The summed E-state index contributed by atoms with van der Waals surface area (Å²) in [5, 5.41) is 13.8. The van der Waals surface area contributed by atoms with Gasteiger partial charge in [0.2, 0.25) is 0 Å². The van der Waals surface area contributed by atoms with Gasteiger partial charge in [-0.05, 0) is 37.1 Å². The lowest BCUT2D eigenvalue weighted by Crippen LogP contribution is -2.21. The Bertz CT molecular complexity index is 753. The second-order valence-electron chi connectivity index (χ2n) is 5.20. The van der Waals surface area contributed by atoms with Crippen LogP contribution in [0.3, 0.4) is 0 Å². The maximum atomic E-state index is 12.2. The molecule has 0 aliphatic carbocycles. The molecule has 1 aromatic heterocycles. The average molecular weight is 336 g/mol. The maximum Gasteiger partial charge on any atom is 0.433 e. The van der Waals surface area contributed by atoms with Crippen LogP contribution < -0.4 is 10.2 Å². The standard InChI is InChI=1S/C15H14ClN3O4/c16-10-3-4-12(18-7-1-2-8-18)11(9-10)17-15(20)13-5-6-14(23-13)19(21)22/h3-6,9H,1-2,7-8H2,(H,17,20). The number of hydrogen-bond donors (Lipinski definition) is 1. The predicted octanol–water partition coefficient (Wildman–Crippen LogP) is 3.69. The first-order valence-corrected chi connectivity index (χ1v) is 7.52. The van der Waals surface area contributed by atoms with Crippen molar-refractivity contribution in [3.63, 3.8) is 0 Å². The molecule has 1 N–H and O–H groups in total. The number of rotatable bonds is 4. The van der Waals surface area contributed by atoms with Crippen LogP contribution >= 0.6 is 11.6 Å². The van der Waals surface area contributed by atoms with Crippen LogP contribution in [0, 0.1) is 10.1 Å². The van der Waals surface area contributed by atoms with Crippen LogP contribution in [0.2, 0.25) is 5.02 Å². The highest BCUT2D eigenvalue weighted by Crippen LogP contribution is 2.32. The molecule has 0 radical (unpaired) electrons. The highest BCUT2D eigenvalue weighted by molar-refractivity contribution is 6.31. The Hall–Kier alpha value is -2.54. The van der Waals surface area contributed by atoms with Crippen LogP contribution in [0.1, 0.15) is 23.4 Å². The second kappa shape index (κ2) is 6.29. The van der Waals surface area contributed by atoms with E-state index in [2.05, 4.69) is 10.2 Å². The van der Waals surface area contributed by atoms with Gasteiger partial charge in [0.15, 0.2) is 5.76 Å². The van der Waals surface area contributed by atoms with E-state index in [1.54, 1.807) is 12.1 Å². The Morgan fingerprint density at radius 3 is 2.65 bits per heavy atom. The lowest BCUT2D eigenvalue weighted by atomic mass is 10.2. The van der Waals surface area contributed by atoms with Gasteiger partial charge in [-0.2, -0.15) is 0 Å². The topological polar surface area (TPSA) is 88.6 Å². The number of benzene rings is 1. The molecular formula is C15H14ClN3O4. The van der Waals surface area contributed by atoms with E-state index in [9.17, 15) is 14.9 Å². The summed E-state index contributed by atoms with van der Waals surface area (Å²) < 4.78 is 4.92. The molecule has 0 spiro atoms. The van der Waals surface area contributed by atoms with Gasteiger partial charge in [0.25, 0.3) is 5.91 Å². The fourth-order valence-corrected chi connectivity index (χ4v) is 2.75. The summed E-state index contributed by atoms with van der Waals surface area (Å²) in [6.07, 6.45) is 2.20. The third-order valence-corrected chi connectivity index (χ3v) is 3.88. The summed E-state index contributed by atoms with van der Waals surface area (Å²) in [7, 11) is 0. The molecule has 0 atom stereocenters. The number of hydrogen-bond acceptors (Lipinski definition) is 5. The number of nitrogens with zero attached hydrogens (tertiary/aromatic N) is 2. The van der Waals surface area contributed by atoms with Crippen molar-refractivity contribution in [2.45, 2.75) is 12.8 Å². The zero-order chi connectivity index (χ0) is 16.4. The largest absolute Gasteiger partial charge is 0.433 e. The Morgan fingerprint density at radius 2 is 2.00 bits per heavy atom. The number of halogens is 1. The molecule has 0 unspecified atom stereocenters. The van der Waals surface area contributed by atoms with Gasteiger partial charge in [-0.25, -0.2) is 0 Å². The minimum atomic E-state index is -0.689. The van der Waals surface area contributed by atoms with Gasteiger partial charge in [0.05, 0.1) is 17.4 Å². The Labute approximate surface area is 137 Å². The third kappa shape index (κ3) is 3.29. The van der Waals surface area contributed by atoms with Crippen LogP contribution in [0.15, 0.2) is 34.7 Å². The lowest BCUT2D eigenvalue weighted by molar-refractivity contribution is -0.402. The molecule has 1 aliphatic heterocycles.